The Morgan fingerprint density at radius 2 is 1.38 bits per heavy atom. The van der Waals surface area contributed by atoms with Crippen LogP contribution in [-0.2, 0) is 0 Å². The second kappa shape index (κ2) is 5.81. The Kier molecular flexibility index (Phi) is 4.39. The van der Waals surface area contributed by atoms with E-state index in [1.165, 1.54) is 51.4 Å². The molecular weight excluding hydrogens is 198 g/mol. The van der Waals surface area contributed by atoms with Gasteiger partial charge in [0, 0.05) is 12.6 Å². The quantitative estimate of drug-likeness (QED) is 0.733. The smallest absolute Gasteiger partial charge is 0.0492 e. The van der Waals surface area contributed by atoms with Gasteiger partial charge in [0.1, 0.15) is 0 Å². The van der Waals surface area contributed by atoms with Crippen LogP contribution < -0.4 is 0 Å². The maximum Gasteiger partial charge on any atom is 0.0492 e. The zero-order valence-electron chi connectivity index (χ0n) is 10.3. The standard InChI is InChI=1S/C14H25NO/c1-15-14-8-6-13(7-9-14)12-4-2-11(10-16)3-5-12/h11-14,16H,1-10H2/t11-,12-,13-,14-. The zero-order chi connectivity index (χ0) is 11.4. The fraction of sp³-hybridized carbons (Fsp3) is 0.929. The molecule has 16 heavy (non-hydrogen) atoms. The van der Waals surface area contributed by atoms with Gasteiger partial charge >= 0.3 is 0 Å². The van der Waals surface area contributed by atoms with Gasteiger partial charge < -0.3 is 5.11 Å². The molecule has 2 nitrogen and oxygen atoms in total. The molecule has 2 saturated carbocycles. The summed E-state index contributed by atoms with van der Waals surface area (Å²) in [4.78, 5) is 4.17. The molecule has 2 rings (SSSR count). The summed E-state index contributed by atoms with van der Waals surface area (Å²) in [6.07, 6.45) is 10.4. The average Bonchev–Trinajstić information content (AvgIpc) is 2.39. The lowest BCUT2D eigenvalue weighted by Crippen LogP contribution is -2.27. The molecule has 2 fully saturated rings. The maximum atomic E-state index is 9.13. The summed E-state index contributed by atoms with van der Waals surface area (Å²) in [7, 11) is 0. The van der Waals surface area contributed by atoms with E-state index in [0.29, 0.717) is 18.6 Å². The van der Waals surface area contributed by atoms with Crippen molar-refractivity contribution >= 4 is 6.72 Å². The van der Waals surface area contributed by atoms with Crippen LogP contribution in [0.3, 0.4) is 0 Å². The predicted octanol–water partition coefficient (Wildman–Crippen LogP) is 3.04. The zero-order valence-corrected chi connectivity index (χ0v) is 10.3. The maximum absolute atomic E-state index is 9.13. The summed E-state index contributed by atoms with van der Waals surface area (Å²) in [5.41, 5.74) is 0. The van der Waals surface area contributed by atoms with Gasteiger partial charge in [-0.05, 0) is 75.8 Å². The largest absolute Gasteiger partial charge is 0.396 e. The van der Waals surface area contributed by atoms with E-state index >= 15 is 0 Å². The van der Waals surface area contributed by atoms with Gasteiger partial charge in [-0.25, -0.2) is 0 Å². The first-order chi connectivity index (χ1) is 7.83. The van der Waals surface area contributed by atoms with Gasteiger partial charge in [-0.15, -0.1) is 0 Å². The van der Waals surface area contributed by atoms with Crippen LogP contribution in [0.1, 0.15) is 51.4 Å². The van der Waals surface area contributed by atoms with Crippen LogP contribution in [-0.4, -0.2) is 24.5 Å². The molecule has 2 heteroatoms. The summed E-state index contributed by atoms with van der Waals surface area (Å²) in [6, 6.07) is 0.546. The minimum absolute atomic E-state index is 0.403. The molecule has 0 bridgehead atoms. The third kappa shape index (κ3) is 2.85. The van der Waals surface area contributed by atoms with Crippen LogP contribution in [0.2, 0.25) is 0 Å². The Hall–Kier alpha value is -0.370. The van der Waals surface area contributed by atoms with Crippen molar-refractivity contribution in [1.29, 1.82) is 0 Å². The minimum Gasteiger partial charge on any atom is -0.396 e. The van der Waals surface area contributed by atoms with Crippen LogP contribution >= 0.6 is 0 Å². The molecule has 0 heterocycles. The highest BCUT2D eigenvalue weighted by molar-refractivity contribution is 5.24. The van der Waals surface area contributed by atoms with Gasteiger partial charge in [0.05, 0.1) is 0 Å². The molecule has 0 atom stereocenters. The number of aliphatic hydroxyl groups excluding tert-OH is 1. The lowest BCUT2D eigenvalue weighted by Gasteiger charge is -2.36. The predicted molar refractivity (Wildman–Crippen MR) is 67.8 cm³/mol. The molecule has 0 unspecified atom stereocenters. The second-order valence-electron chi connectivity index (χ2n) is 5.71. The molecule has 0 amide bonds. The lowest BCUT2D eigenvalue weighted by molar-refractivity contribution is 0.124. The molecule has 0 saturated heterocycles. The highest BCUT2D eigenvalue weighted by Crippen LogP contribution is 2.40. The van der Waals surface area contributed by atoms with Crippen LogP contribution in [0.25, 0.3) is 0 Å². The molecule has 0 aliphatic heterocycles. The normalized spacial score (nSPS) is 40.6. The van der Waals surface area contributed by atoms with Crippen molar-refractivity contribution in [2.24, 2.45) is 22.7 Å². The summed E-state index contributed by atoms with van der Waals surface area (Å²) >= 11 is 0. The number of rotatable bonds is 3. The van der Waals surface area contributed by atoms with Crippen molar-refractivity contribution in [3.05, 3.63) is 0 Å². The van der Waals surface area contributed by atoms with E-state index in [9.17, 15) is 0 Å². The third-order valence-electron chi connectivity index (χ3n) is 4.82. The molecule has 2 aliphatic rings. The van der Waals surface area contributed by atoms with E-state index in [1.54, 1.807) is 0 Å². The topological polar surface area (TPSA) is 32.6 Å². The van der Waals surface area contributed by atoms with Gasteiger partial charge in [-0.1, -0.05) is 0 Å². The van der Waals surface area contributed by atoms with Gasteiger partial charge in [0.2, 0.25) is 0 Å². The van der Waals surface area contributed by atoms with Crippen molar-refractivity contribution < 1.29 is 5.11 Å². The number of aliphatic hydroxyl groups is 1. The first kappa shape index (κ1) is 12.1. The Balaban J connectivity index is 1.75. The number of aliphatic imine (C=N–C) groups is 1. The van der Waals surface area contributed by atoms with Crippen LogP contribution in [0, 0.1) is 17.8 Å². The van der Waals surface area contributed by atoms with E-state index in [1.807, 2.05) is 0 Å². The van der Waals surface area contributed by atoms with Crippen molar-refractivity contribution in [3.8, 4) is 0 Å². The Bertz CT molecular complexity index is 213. The Morgan fingerprint density at radius 1 is 0.875 bits per heavy atom. The molecule has 0 spiro atoms. The van der Waals surface area contributed by atoms with Crippen molar-refractivity contribution in [2.75, 3.05) is 6.61 Å². The minimum atomic E-state index is 0.403. The number of hydrogen-bond acceptors (Lipinski definition) is 2. The first-order valence-corrected chi connectivity index (χ1v) is 6.90. The van der Waals surface area contributed by atoms with Crippen LogP contribution in [0.15, 0.2) is 4.99 Å². The summed E-state index contributed by atoms with van der Waals surface area (Å²) in [5.74, 6) is 2.48. The number of hydrogen-bond donors (Lipinski definition) is 1. The second-order valence-corrected chi connectivity index (χ2v) is 5.71. The highest BCUT2D eigenvalue weighted by atomic mass is 16.3. The summed E-state index contributed by atoms with van der Waals surface area (Å²) in [6.45, 7) is 4.07. The average molecular weight is 223 g/mol. The Labute approximate surface area is 99.2 Å². The van der Waals surface area contributed by atoms with Crippen LogP contribution in [0.5, 0.6) is 0 Å². The van der Waals surface area contributed by atoms with Crippen molar-refractivity contribution in [2.45, 2.75) is 57.4 Å². The molecular formula is C14H25NO. The SMILES string of the molecule is C=N[C@H]1CC[C@H]([C@H]2CC[C@H](CO)CC2)CC1. The molecule has 0 aromatic carbocycles. The van der Waals surface area contributed by atoms with Gasteiger partial charge in [-0.2, -0.15) is 0 Å². The first-order valence-electron chi connectivity index (χ1n) is 6.90. The van der Waals surface area contributed by atoms with Gasteiger partial charge in [-0.3, -0.25) is 4.99 Å². The fourth-order valence-corrected chi connectivity index (χ4v) is 3.60. The lowest BCUT2D eigenvalue weighted by atomic mass is 9.70. The van der Waals surface area contributed by atoms with Crippen molar-refractivity contribution in [3.63, 3.8) is 0 Å². The molecule has 2 aliphatic carbocycles. The number of nitrogens with zero attached hydrogens (tertiary/aromatic N) is 1. The molecule has 0 radical (unpaired) electrons. The molecule has 1 N–H and O–H groups in total. The Morgan fingerprint density at radius 3 is 1.81 bits per heavy atom. The molecule has 92 valence electrons. The monoisotopic (exact) mass is 223 g/mol. The van der Waals surface area contributed by atoms with Gasteiger partial charge in [0.25, 0.3) is 0 Å². The van der Waals surface area contributed by atoms with Gasteiger partial charge in [0.15, 0.2) is 0 Å². The third-order valence-corrected chi connectivity index (χ3v) is 4.82. The van der Waals surface area contributed by atoms with E-state index in [-0.39, 0.29) is 0 Å². The van der Waals surface area contributed by atoms with E-state index in [4.69, 9.17) is 5.11 Å². The summed E-state index contributed by atoms with van der Waals surface area (Å²) in [5, 5.41) is 9.13. The van der Waals surface area contributed by atoms with Crippen LogP contribution in [0.4, 0.5) is 0 Å². The van der Waals surface area contributed by atoms with Crippen molar-refractivity contribution in [1.82, 2.24) is 0 Å². The fourth-order valence-electron chi connectivity index (χ4n) is 3.60. The van der Waals surface area contributed by atoms with E-state index < -0.39 is 0 Å². The highest BCUT2D eigenvalue weighted by Gasteiger charge is 2.30. The summed E-state index contributed by atoms with van der Waals surface area (Å²) < 4.78 is 0. The molecule has 0 aromatic heterocycles. The van der Waals surface area contributed by atoms with E-state index in [0.717, 1.165) is 11.8 Å². The van der Waals surface area contributed by atoms with E-state index in [2.05, 4.69) is 11.7 Å². The molecule has 0 aromatic rings.